The second-order valence-electron chi connectivity index (χ2n) is 7.01. The van der Waals surface area contributed by atoms with Crippen LogP contribution in [-0.4, -0.2) is 34.5 Å². The van der Waals surface area contributed by atoms with E-state index >= 15 is 0 Å². The van der Waals surface area contributed by atoms with Crippen molar-refractivity contribution < 1.29 is 24.2 Å². The number of carbonyl (C=O) groups is 3. The van der Waals surface area contributed by atoms with Crippen LogP contribution < -0.4 is 11.1 Å². The zero-order valence-electron chi connectivity index (χ0n) is 16.8. The van der Waals surface area contributed by atoms with Gasteiger partial charge in [0, 0.05) is 30.0 Å². The average molecular weight is 421 g/mol. The average Bonchev–Trinajstić information content (AvgIpc) is 2.77. The SMILES string of the molecule is NCC(C(=O)Nc1ccc2cnccc2c1)c1ccc(COC(=O)CCC(=O)O)cc1. The van der Waals surface area contributed by atoms with Gasteiger partial charge in [0.15, 0.2) is 0 Å². The van der Waals surface area contributed by atoms with Gasteiger partial charge in [-0.2, -0.15) is 0 Å². The number of nitrogens with zero attached hydrogens (tertiary/aromatic N) is 1. The number of carbonyl (C=O) groups excluding carboxylic acids is 2. The van der Waals surface area contributed by atoms with Crippen LogP contribution in [0, 0.1) is 0 Å². The number of pyridine rings is 1. The number of aromatic nitrogens is 1. The monoisotopic (exact) mass is 421 g/mol. The minimum atomic E-state index is -1.05. The Kier molecular flexibility index (Phi) is 7.29. The van der Waals surface area contributed by atoms with Crippen molar-refractivity contribution in [2.24, 2.45) is 5.73 Å². The van der Waals surface area contributed by atoms with Gasteiger partial charge in [-0.25, -0.2) is 0 Å². The second-order valence-corrected chi connectivity index (χ2v) is 7.01. The molecule has 1 atom stereocenters. The van der Waals surface area contributed by atoms with Gasteiger partial charge >= 0.3 is 11.9 Å². The summed E-state index contributed by atoms with van der Waals surface area (Å²) in [4.78, 5) is 38.9. The fourth-order valence-electron chi connectivity index (χ4n) is 3.08. The summed E-state index contributed by atoms with van der Waals surface area (Å²) in [7, 11) is 0. The molecule has 1 amide bonds. The molecule has 2 aromatic carbocycles. The summed E-state index contributed by atoms with van der Waals surface area (Å²) in [6.45, 7) is 0.164. The molecule has 31 heavy (non-hydrogen) atoms. The Labute approximate surface area is 179 Å². The van der Waals surface area contributed by atoms with Crippen molar-refractivity contribution in [1.82, 2.24) is 4.98 Å². The fraction of sp³-hybridized carbons (Fsp3) is 0.217. The molecular weight excluding hydrogens is 398 g/mol. The molecule has 0 aliphatic rings. The minimum absolute atomic E-state index is 0.0319. The third kappa shape index (κ3) is 6.10. The number of hydrogen-bond acceptors (Lipinski definition) is 6. The van der Waals surface area contributed by atoms with Gasteiger partial charge in [0.2, 0.25) is 5.91 Å². The van der Waals surface area contributed by atoms with Gasteiger partial charge in [0.25, 0.3) is 0 Å². The zero-order valence-corrected chi connectivity index (χ0v) is 16.8. The van der Waals surface area contributed by atoms with Crippen LogP contribution in [0.2, 0.25) is 0 Å². The van der Waals surface area contributed by atoms with E-state index in [1.54, 1.807) is 36.7 Å². The maximum absolute atomic E-state index is 12.8. The van der Waals surface area contributed by atoms with E-state index in [1.807, 2.05) is 24.3 Å². The molecule has 0 spiro atoms. The lowest BCUT2D eigenvalue weighted by Crippen LogP contribution is -2.27. The van der Waals surface area contributed by atoms with Crippen LogP contribution in [-0.2, 0) is 25.7 Å². The third-order valence-corrected chi connectivity index (χ3v) is 4.79. The summed E-state index contributed by atoms with van der Waals surface area (Å²) < 4.78 is 5.06. The molecule has 0 aliphatic heterocycles. The van der Waals surface area contributed by atoms with Gasteiger partial charge < -0.3 is 20.9 Å². The van der Waals surface area contributed by atoms with Gasteiger partial charge in [0.1, 0.15) is 6.61 Å². The summed E-state index contributed by atoms with van der Waals surface area (Å²) in [6, 6.07) is 14.5. The highest BCUT2D eigenvalue weighted by Crippen LogP contribution is 2.22. The number of rotatable bonds is 9. The highest BCUT2D eigenvalue weighted by atomic mass is 16.5. The predicted molar refractivity (Wildman–Crippen MR) is 115 cm³/mol. The molecule has 1 heterocycles. The van der Waals surface area contributed by atoms with E-state index < -0.39 is 17.9 Å². The third-order valence-electron chi connectivity index (χ3n) is 4.79. The zero-order chi connectivity index (χ0) is 22.2. The number of carboxylic acids is 1. The van der Waals surface area contributed by atoms with Gasteiger partial charge in [0.05, 0.1) is 18.8 Å². The van der Waals surface area contributed by atoms with E-state index in [4.69, 9.17) is 15.6 Å². The lowest BCUT2D eigenvalue weighted by Gasteiger charge is -2.16. The largest absolute Gasteiger partial charge is 0.481 e. The molecule has 1 unspecified atom stereocenters. The van der Waals surface area contributed by atoms with Crippen LogP contribution in [0.1, 0.15) is 29.9 Å². The molecule has 3 rings (SSSR count). The van der Waals surface area contributed by atoms with Crippen molar-refractivity contribution in [3.8, 4) is 0 Å². The Morgan fingerprint density at radius 3 is 2.52 bits per heavy atom. The van der Waals surface area contributed by atoms with Gasteiger partial charge in [-0.15, -0.1) is 0 Å². The highest BCUT2D eigenvalue weighted by Gasteiger charge is 2.19. The molecule has 4 N–H and O–H groups in total. The molecule has 3 aromatic rings. The molecule has 160 valence electrons. The minimum Gasteiger partial charge on any atom is -0.481 e. The summed E-state index contributed by atoms with van der Waals surface area (Å²) in [5.74, 6) is -2.38. The number of nitrogens with one attached hydrogen (secondary N) is 1. The summed E-state index contributed by atoms with van der Waals surface area (Å²) in [5.41, 5.74) is 8.00. The molecule has 0 saturated heterocycles. The quantitative estimate of drug-likeness (QED) is 0.453. The molecule has 0 saturated carbocycles. The second kappa shape index (κ2) is 10.3. The number of benzene rings is 2. The summed E-state index contributed by atoms with van der Waals surface area (Å²) in [5, 5.41) is 13.4. The molecule has 0 radical (unpaired) electrons. The lowest BCUT2D eigenvalue weighted by atomic mass is 9.97. The van der Waals surface area contributed by atoms with Crippen LogP contribution in [0.25, 0.3) is 10.8 Å². The first-order chi connectivity index (χ1) is 15.0. The first-order valence-corrected chi connectivity index (χ1v) is 9.77. The number of carboxylic acid groups (broad SMARTS) is 1. The molecule has 0 aliphatic carbocycles. The standard InChI is InChI=1S/C23H23N3O5/c24-12-20(23(30)26-19-6-5-18-13-25-10-9-17(18)11-19)16-3-1-15(2-4-16)14-31-22(29)8-7-21(27)28/h1-6,9-11,13,20H,7-8,12,14,24H2,(H,26,30)(H,27,28). The maximum atomic E-state index is 12.8. The first kappa shape index (κ1) is 21.9. The fourth-order valence-corrected chi connectivity index (χ4v) is 3.08. The Balaban J connectivity index is 1.61. The number of ether oxygens (including phenoxy) is 1. The summed E-state index contributed by atoms with van der Waals surface area (Å²) >= 11 is 0. The van der Waals surface area contributed by atoms with Gasteiger partial charge in [-0.3, -0.25) is 19.4 Å². The number of esters is 1. The normalized spacial score (nSPS) is 11.6. The molecule has 8 heteroatoms. The lowest BCUT2D eigenvalue weighted by molar-refractivity contribution is -0.148. The smallest absolute Gasteiger partial charge is 0.306 e. The molecule has 0 bridgehead atoms. The van der Waals surface area contributed by atoms with Crippen LogP contribution in [0.15, 0.2) is 60.9 Å². The van der Waals surface area contributed by atoms with E-state index in [-0.39, 0.29) is 31.9 Å². The predicted octanol–water partition coefficient (Wildman–Crippen LogP) is 2.82. The Morgan fingerprint density at radius 1 is 1.03 bits per heavy atom. The van der Waals surface area contributed by atoms with Gasteiger partial charge in [-0.1, -0.05) is 30.3 Å². The van der Waals surface area contributed by atoms with Crippen LogP contribution in [0.5, 0.6) is 0 Å². The number of nitrogens with two attached hydrogens (primary N) is 1. The van der Waals surface area contributed by atoms with Crippen molar-refractivity contribution in [3.05, 3.63) is 72.1 Å². The van der Waals surface area contributed by atoms with Crippen molar-refractivity contribution in [2.45, 2.75) is 25.4 Å². The van der Waals surface area contributed by atoms with E-state index in [0.29, 0.717) is 5.69 Å². The molecular formula is C23H23N3O5. The Morgan fingerprint density at radius 2 is 1.81 bits per heavy atom. The summed E-state index contributed by atoms with van der Waals surface area (Å²) in [6.07, 6.45) is 3.02. The molecule has 0 fully saturated rings. The van der Waals surface area contributed by atoms with E-state index in [0.717, 1.165) is 21.9 Å². The number of hydrogen-bond donors (Lipinski definition) is 3. The van der Waals surface area contributed by atoms with Crippen molar-refractivity contribution in [1.29, 1.82) is 0 Å². The van der Waals surface area contributed by atoms with Crippen molar-refractivity contribution in [3.63, 3.8) is 0 Å². The number of fused-ring (bicyclic) bond motifs is 1. The van der Waals surface area contributed by atoms with Crippen LogP contribution >= 0.6 is 0 Å². The number of anilines is 1. The topological polar surface area (TPSA) is 132 Å². The number of amides is 1. The molecule has 8 nitrogen and oxygen atoms in total. The molecule has 1 aromatic heterocycles. The Hall–Kier alpha value is -3.78. The van der Waals surface area contributed by atoms with E-state index in [1.165, 1.54) is 0 Å². The number of aliphatic carboxylic acids is 1. The van der Waals surface area contributed by atoms with Crippen LogP contribution in [0.4, 0.5) is 5.69 Å². The highest BCUT2D eigenvalue weighted by molar-refractivity contribution is 5.98. The van der Waals surface area contributed by atoms with E-state index in [2.05, 4.69) is 10.3 Å². The van der Waals surface area contributed by atoms with Crippen LogP contribution in [0.3, 0.4) is 0 Å². The van der Waals surface area contributed by atoms with Crippen molar-refractivity contribution >= 4 is 34.3 Å². The maximum Gasteiger partial charge on any atom is 0.306 e. The van der Waals surface area contributed by atoms with Gasteiger partial charge in [-0.05, 0) is 34.7 Å². The Bertz CT molecular complexity index is 1080. The van der Waals surface area contributed by atoms with Crippen molar-refractivity contribution in [2.75, 3.05) is 11.9 Å². The van der Waals surface area contributed by atoms with E-state index in [9.17, 15) is 14.4 Å². The first-order valence-electron chi connectivity index (χ1n) is 9.77.